The third kappa shape index (κ3) is 5.43. The Morgan fingerprint density at radius 2 is 0.629 bits per heavy atom. The molecule has 0 aromatic heterocycles. The van der Waals surface area contributed by atoms with Crippen LogP contribution >= 0.6 is 0 Å². The molecule has 324 valence electrons. The number of hydrogen-bond acceptors (Lipinski definition) is 1. The number of rotatable bonds is 5. The van der Waals surface area contributed by atoms with Crippen molar-refractivity contribution in [2.75, 3.05) is 4.90 Å². The molecule has 2 aliphatic carbocycles. The van der Waals surface area contributed by atoms with Crippen molar-refractivity contribution < 1.29 is 0 Å². The van der Waals surface area contributed by atoms with E-state index in [0.717, 1.165) is 17.1 Å². The molecule has 13 aromatic carbocycles. The zero-order valence-electron chi connectivity index (χ0n) is 38.3. The smallest absolute Gasteiger partial charge is 0.0726 e. The van der Waals surface area contributed by atoms with Crippen LogP contribution in [-0.4, -0.2) is 0 Å². The van der Waals surface area contributed by atoms with Gasteiger partial charge in [0.05, 0.1) is 11.1 Å². The molecule has 70 heavy (non-hydrogen) atoms. The molecule has 0 heterocycles. The van der Waals surface area contributed by atoms with Gasteiger partial charge < -0.3 is 4.90 Å². The maximum atomic E-state index is 2.58. The Morgan fingerprint density at radius 3 is 1.17 bits per heavy atom. The van der Waals surface area contributed by atoms with Gasteiger partial charge in [-0.3, -0.25) is 0 Å². The summed E-state index contributed by atoms with van der Waals surface area (Å²) in [5.74, 6) is 0. The van der Waals surface area contributed by atoms with Crippen LogP contribution in [0, 0.1) is 0 Å². The molecule has 1 spiro atoms. The number of nitrogens with zero attached hydrogens (tertiary/aromatic N) is 1. The van der Waals surface area contributed by atoms with E-state index >= 15 is 0 Å². The van der Waals surface area contributed by atoms with Crippen molar-refractivity contribution in [1.82, 2.24) is 0 Å². The maximum Gasteiger partial charge on any atom is 0.0726 e. The first-order chi connectivity index (χ1) is 34.7. The van der Waals surface area contributed by atoms with Crippen molar-refractivity contribution in [3.8, 4) is 44.5 Å². The van der Waals surface area contributed by atoms with Crippen molar-refractivity contribution in [3.63, 3.8) is 0 Å². The Balaban J connectivity index is 1.09. The van der Waals surface area contributed by atoms with E-state index in [1.54, 1.807) is 0 Å². The van der Waals surface area contributed by atoms with E-state index in [9.17, 15) is 0 Å². The summed E-state index contributed by atoms with van der Waals surface area (Å²) in [4.78, 5) is 2.58. The largest absolute Gasteiger partial charge is 0.310 e. The van der Waals surface area contributed by atoms with Crippen LogP contribution in [0.2, 0.25) is 0 Å². The molecule has 0 N–H and O–H groups in total. The molecular weight excluding hydrogens is 843 g/mol. The molecule has 0 saturated heterocycles. The molecule has 0 fully saturated rings. The summed E-state index contributed by atoms with van der Waals surface area (Å²) in [6.45, 7) is 0. The van der Waals surface area contributed by atoms with Crippen LogP contribution in [0.5, 0.6) is 0 Å². The number of benzene rings is 13. The lowest BCUT2D eigenvalue weighted by atomic mass is 9.70. The van der Waals surface area contributed by atoms with E-state index < -0.39 is 5.41 Å². The fourth-order valence-corrected chi connectivity index (χ4v) is 12.8. The minimum atomic E-state index is -0.499. The maximum absolute atomic E-state index is 2.58. The van der Waals surface area contributed by atoms with Crippen LogP contribution in [0.1, 0.15) is 22.3 Å². The second kappa shape index (κ2) is 15.0. The van der Waals surface area contributed by atoms with Gasteiger partial charge in [0.1, 0.15) is 0 Å². The van der Waals surface area contributed by atoms with Crippen LogP contribution in [0.25, 0.3) is 98.4 Å². The molecule has 1 heteroatoms. The zero-order valence-corrected chi connectivity index (χ0v) is 38.3. The molecule has 0 saturated carbocycles. The summed E-state index contributed by atoms with van der Waals surface area (Å²) in [5.41, 5.74) is 18.1. The van der Waals surface area contributed by atoms with Crippen molar-refractivity contribution in [3.05, 3.63) is 283 Å². The molecule has 15 rings (SSSR count). The Morgan fingerprint density at radius 1 is 0.243 bits per heavy atom. The van der Waals surface area contributed by atoms with Gasteiger partial charge >= 0.3 is 0 Å². The average molecular weight is 886 g/mol. The summed E-state index contributed by atoms with van der Waals surface area (Å²) in [6.07, 6.45) is 0. The quantitative estimate of drug-likeness (QED) is 0.156. The second-order valence-electron chi connectivity index (χ2n) is 19.1. The Bertz CT molecular complexity index is 4110. The molecule has 0 radical (unpaired) electrons. The lowest BCUT2D eigenvalue weighted by molar-refractivity contribution is 0.793. The van der Waals surface area contributed by atoms with Gasteiger partial charge in [-0.1, -0.05) is 224 Å². The van der Waals surface area contributed by atoms with Gasteiger partial charge in [-0.2, -0.15) is 0 Å². The number of hydrogen-bond donors (Lipinski definition) is 0. The highest BCUT2D eigenvalue weighted by Crippen LogP contribution is 2.63. The first kappa shape index (κ1) is 39.0. The lowest BCUT2D eigenvalue weighted by Crippen LogP contribution is -2.26. The summed E-state index contributed by atoms with van der Waals surface area (Å²) >= 11 is 0. The molecule has 0 aliphatic heterocycles. The molecule has 0 amide bonds. The predicted molar refractivity (Wildman–Crippen MR) is 296 cm³/mol. The van der Waals surface area contributed by atoms with E-state index in [4.69, 9.17) is 0 Å². The van der Waals surface area contributed by atoms with Gasteiger partial charge in [0, 0.05) is 16.8 Å². The van der Waals surface area contributed by atoms with E-state index in [1.807, 2.05) is 0 Å². The lowest BCUT2D eigenvalue weighted by Gasteiger charge is -2.33. The third-order valence-electron chi connectivity index (χ3n) is 15.6. The Hall–Kier alpha value is -9.04. The summed E-state index contributed by atoms with van der Waals surface area (Å²) in [6, 6.07) is 97.9. The second-order valence-corrected chi connectivity index (χ2v) is 19.1. The first-order valence-electron chi connectivity index (χ1n) is 24.4. The first-order valence-corrected chi connectivity index (χ1v) is 24.4. The zero-order chi connectivity index (χ0) is 45.9. The Labute approximate surface area is 406 Å². The highest BCUT2D eigenvalue weighted by Gasteiger charge is 2.51. The van der Waals surface area contributed by atoms with Crippen molar-refractivity contribution in [1.29, 1.82) is 0 Å². The van der Waals surface area contributed by atoms with E-state index in [0.29, 0.717) is 0 Å². The third-order valence-corrected chi connectivity index (χ3v) is 15.6. The molecule has 13 aromatic rings. The van der Waals surface area contributed by atoms with E-state index in [-0.39, 0.29) is 0 Å². The normalized spacial score (nSPS) is 13.0. The van der Waals surface area contributed by atoms with Crippen LogP contribution in [-0.2, 0) is 5.41 Å². The SMILES string of the molecule is c1ccc2c(c1)-c1ccccc1C21c2ccccc2-c2ccc(N(c3cc(-c4cccc5ccccc45)cc(-c4cccc5ccccc45)c3)c3cccc4c5ccccc5c5ccccc5c34)cc21. The molecule has 1 nitrogen and oxygen atoms in total. The van der Waals surface area contributed by atoms with Crippen molar-refractivity contribution in [2.45, 2.75) is 5.41 Å². The van der Waals surface area contributed by atoms with Gasteiger partial charge in [-0.05, 0) is 152 Å². The highest BCUT2D eigenvalue weighted by atomic mass is 15.1. The van der Waals surface area contributed by atoms with Crippen molar-refractivity contribution in [2.24, 2.45) is 0 Å². The summed E-state index contributed by atoms with van der Waals surface area (Å²) < 4.78 is 0. The van der Waals surface area contributed by atoms with Crippen LogP contribution in [0.4, 0.5) is 17.1 Å². The number of fused-ring (bicyclic) bond motifs is 18. The minimum absolute atomic E-state index is 0.499. The van der Waals surface area contributed by atoms with Gasteiger partial charge in [0.25, 0.3) is 0 Å². The summed E-state index contributed by atoms with van der Waals surface area (Å²) in [7, 11) is 0. The molecule has 2 aliphatic rings. The van der Waals surface area contributed by atoms with Gasteiger partial charge in [-0.15, -0.1) is 0 Å². The van der Waals surface area contributed by atoms with E-state index in [1.165, 1.54) is 121 Å². The predicted octanol–water partition coefficient (Wildman–Crippen LogP) is 18.6. The highest BCUT2D eigenvalue weighted by molar-refractivity contribution is 6.29. The Kier molecular flexibility index (Phi) is 8.35. The summed E-state index contributed by atoms with van der Waals surface area (Å²) in [5, 5.41) is 12.4. The van der Waals surface area contributed by atoms with Gasteiger partial charge in [0.2, 0.25) is 0 Å². The fraction of sp³-hybridized carbons (Fsp3) is 0.0145. The molecule has 0 atom stereocenters. The van der Waals surface area contributed by atoms with Crippen molar-refractivity contribution >= 4 is 70.9 Å². The van der Waals surface area contributed by atoms with Crippen LogP contribution in [0.3, 0.4) is 0 Å². The molecule has 0 bridgehead atoms. The molecular formula is C69H43N. The monoisotopic (exact) mass is 885 g/mol. The standard InChI is InChI=1S/C69H43N/c1-3-22-50-44(18-1)20-15-31-52(50)46-40-47(53-32-16-21-45-19-2-4-23-51(45)53)42-49(41-46)70(67-37-17-33-62-56-25-6-5-24-54(56)55-26-7-8-30-61(55)68(62)67)48-38-39-60-59-29-11-14-36-65(59)69(66(60)43-48)63-34-12-9-27-57(63)58-28-10-13-35-64(58)69/h1-43H. The van der Waals surface area contributed by atoms with E-state index in [2.05, 4.69) is 266 Å². The topological polar surface area (TPSA) is 3.24 Å². The van der Waals surface area contributed by atoms with Gasteiger partial charge in [0.15, 0.2) is 0 Å². The van der Waals surface area contributed by atoms with Crippen LogP contribution in [0.15, 0.2) is 261 Å². The molecule has 0 unspecified atom stereocenters. The average Bonchev–Trinajstić information content (AvgIpc) is 3.90. The minimum Gasteiger partial charge on any atom is -0.310 e. The fourth-order valence-electron chi connectivity index (χ4n) is 12.8. The van der Waals surface area contributed by atoms with Gasteiger partial charge in [-0.25, -0.2) is 0 Å². The number of anilines is 3. The van der Waals surface area contributed by atoms with Crippen LogP contribution < -0.4 is 4.90 Å².